The Bertz CT molecular complexity index is 1220. The molecular weight excluding hydrogens is 440 g/mol. The summed E-state index contributed by atoms with van der Waals surface area (Å²) in [4.78, 5) is 2.13. The molecule has 0 amide bonds. The second-order valence-corrected chi connectivity index (χ2v) is 9.20. The van der Waals surface area contributed by atoms with E-state index in [4.69, 9.17) is 4.74 Å². The van der Waals surface area contributed by atoms with Crippen LogP contribution in [-0.4, -0.2) is 33.3 Å². The summed E-state index contributed by atoms with van der Waals surface area (Å²) >= 11 is 0. The van der Waals surface area contributed by atoms with Gasteiger partial charge in [0.15, 0.2) is 0 Å². The van der Waals surface area contributed by atoms with Crippen molar-refractivity contribution < 1.29 is 4.74 Å². The summed E-state index contributed by atoms with van der Waals surface area (Å²) in [6.45, 7) is 2.56. The van der Waals surface area contributed by atoms with Crippen LogP contribution in [0.5, 0.6) is 0 Å². The van der Waals surface area contributed by atoms with Crippen LogP contribution in [0.2, 0.25) is 0 Å². The van der Waals surface area contributed by atoms with Gasteiger partial charge in [-0.15, -0.1) is 12.4 Å². The van der Waals surface area contributed by atoms with Crippen molar-refractivity contribution in [2.75, 3.05) is 32.1 Å². The van der Waals surface area contributed by atoms with Crippen molar-refractivity contribution in [2.24, 2.45) is 0 Å². The normalized spacial score (nSPS) is 17.8. The first-order valence-electron chi connectivity index (χ1n) is 11.8. The lowest BCUT2D eigenvalue weighted by Gasteiger charge is -2.33. The number of nitrogens with one attached hydrogen (secondary N) is 1. The van der Waals surface area contributed by atoms with Crippen molar-refractivity contribution >= 4 is 28.9 Å². The Balaban J connectivity index is 0.00000274. The van der Waals surface area contributed by atoms with Crippen molar-refractivity contribution in [3.63, 3.8) is 0 Å². The zero-order chi connectivity index (χ0) is 22.6. The van der Waals surface area contributed by atoms with Crippen molar-refractivity contribution in [3.8, 4) is 11.1 Å². The quantitative estimate of drug-likeness (QED) is 0.339. The summed E-state index contributed by atoms with van der Waals surface area (Å²) in [6.07, 6.45) is 1.25. The van der Waals surface area contributed by atoms with Gasteiger partial charge in [0.25, 0.3) is 0 Å². The van der Waals surface area contributed by atoms with E-state index in [2.05, 4.69) is 115 Å². The Kier molecular flexibility index (Phi) is 7.89. The average molecular weight is 473 g/mol. The van der Waals surface area contributed by atoms with Crippen LogP contribution in [-0.2, 0) is 11.3 Å². The van der Waals surface area contributed by atoms with Gasteiger partial charge in [-0.25, -0.2) is 0 Å². The molecule has 0 radical (unpaired) electrons. The molecule has 1 fully saturated rings. The maximum atomic E-state index is 6.50. The summed E-state index contributed by atoms with van der Waals surface area (Å²) < 4.78 is 6.50. The van der Waals surface area contributed by atoms with Crippen LogP contribution in [0.15, 0.2) is 91.0 Å². The molecule has 4 aromatic rings. The van der Waals surface area contributed by atoms with Gasteiger partial charge in [0.1, 0.15) is 0 Å². The van der Waals surface area contributed by atoms with Crippen LogP contribution < -0.4 is 10.2 Å². The zero-order valence-electron chi connectivity index (χ0n) is 19.9. The highest BCUT2D eigenvalue weighted by Gasteiger charge is 2.27. The van der Waals surface area contributed by atoms with Gasteiger partial charge in [0, 0.05) is 32.2 Å². The van der Waals surface area contributed by atoms with Gasteiger partial charge in [0.2, 0.25) is 0 Å². The van der Waals surface area contributed by atoms with Crippen LogP contribution in [0.25, 0.3) is 21.9 Å². The first-order chi connectivity index (χ1) is 16.2. The van der Waals surface area contributed by atoms with Crippen LogP contribution in [0, 0.1) is 0 Å². The highest BCUT2D eigenvalue weighted by atomic mass is 35.5. The van der Waals surface area contributed by atoms with Gasteiger partial charge < -0.3 is 15.0 Å². The number of hydrogen-bond donors (Lipinski definition) is 1. The van der Waals surface area contributed by atoms with E-state index >= 15 is 0 Å². The molecule has 176 valence electrons. The number of rotatable bonds is 6. The molecule has 4 aromatic carbocycles. The largest absolute Gasteiger partial charge is 0.378 e. The Morgan fingerprint density at radius 2 is 1.62 bits per heavy atom. The molecule has 1 saturated heterocycles. The molecule has 0 aromatic heterocycles. The van der Waals surface area contributed by atoms with Gasteiger partial charge >= 0.3 is 0 Å². The minimum Gasteiger partial charge on any atom is -0.378 e. The highest BCUT2D eigenvalue weighted by Crippen LogP contribution is 2.32. The number of ether oxygens (including phenoxy) is 1. The lowest BCUT2D eigenvalue weighted by Crippen LogP contribution is -2.41. The van der Waals surface area contributed by atoms with E-state index in [9.17, 15) is 0 Å². The number of anilines is 1. The molecule has 0 aliphatic carbocycles. The average Bonchev–Trinajstić information content (AvgIpc) is 2.87. The number of nitrogens with zero attached hydrogens (tertiary/aromatic N) is 1. The molecular formula is C30H33ClN2O. The Morgan fingerprint density at radius 1 is 0.824 bits per heavy atom. The van der Waals surface area contributed by atoms with Gasteiger partial charge in [-0.3, -0.25) is 0 Å². The molecule has 4 heteroatoms. The number of piperidine rings is 1. The Labute approximate surface area is 209 Å². The third-order valence-electron chi connectivity index (χ3n) is 6.74. The minimum absolute atomic E-state index is 0. The molecule has 3 nitrogen and oxygen atoms in total. The van der Waals surface area contributed by atoms with Gasteiger partial charge in [-0.2, -0.15) is 0 Å². The first-order valence-corrected chi connectivity index (χ1v) is 11.8. The lowest BCUT2D eigenvalue weighted by molar-refractivity contribution is 0.0107. The van der Waals surface area contributed by atoms with Gasteiger partial charge in [0.05, 0.1) is 12.7 Å². The van der Waals surface area contributed by atoms with Crippen molar-refractivity contribution in [1.82, 2.24) is 5.32 Å². The van der Waals surface area contributed by atoms with Crippen LogP contribution in [0.1, 0.15) is 23.5 Å². The second kappa shape index (κ2) is 11.1. The third kappa shape index (κ3) is 5.44. The van der Waals surface area contributed by atoms with E-state index in [0.29, 0.717) is 12.5 Å². The van der Waals surface area contributed by atoms with Crippen molar-refractivity contribution in [1.29, 1.82) is 0 Å². The molecule has 5 rings (SSSR count). The Hall–Kier alpha value is -2.85. The van der Waals surface area contributed by atoms with E-state index in [1.807, 2.05) is 0 Å². The summed E-state index contributed by atoms with van der Waals surface area (Å²) in [5.41, 5.74) is 6.34. The molecule has 1 heterocycles. The standard InChI is InChI=1S/C30H32N2O.ClH/c1-32(2)28-14-12-24(13-15-28)26-8-5-9-27(19-26)29-16-17-31-20-30(29)33-21-22-10-11-23-6-3-4-7-25(23)18-22;/h3-15,18-19,29-31H,16-17,20-21H2,1-2H3;1H/t29-,30+;/m1./s1. The van der Waals surface area contributed by atoms with E-state index < -0.39 is 0 Å². The molecule has 1 aliphatic heterocycles. The predicted molar refractivity (Wildman–Crippen MR) is 146 cm³/mol. The Morgan fingerprint density at radius 3 is 2.41 bits per heavy atom. The summed E-state index contributed by atoms with van der Waals surface area (Å²) in [5, 5.41) is 6.07. The smallest absolute Gasteiger partial charge is 0.0772 e. The van der Waals surface area contributed by atoms with E-state index in [0.717, 1.165) is 19.5 Å². The van der Waals surface area contributed by atoms with E-state index in [1.54, 1.807) is 0 Å². The molecule has 0 spiro atoms. The summed E-state index contributed by atoms with van der Waals surface area (Å²) in [7, 11) is 4.15. The zero-order valence-corrected chi connectivity index (χ0v) is 20.7. The summed E-state index contributed by atoms with van der Waals surface area (Å²) in [5.74, 6) is 0.396. The fraction of sp³-hybridized carbons (Fsp3) is 0.267. The minimum atomic E-state index is 0. The van der Waals surface area contributed by atoms with Crippen LogP contribution >= 0.6 is 12.4 Å². The topological polar surface area (TPSA) is 24.5 Å². The van der Waals surface area contributed by atoms with Crippen LogP contribution in [0.4, 0.5) is 5.69 Å². The fourth-order valence-corrected chi connectivity index (χ4v) is 4.82. The molecule has 0 saturated carbocycles. The number of fused-ring (bicyclic) bond motifs is 1. The van der Waals surface area contributed by atoms with Crippen molar-refractivity contribution in [3.05, 3.63) is 102 Å². The lowest BCUT2D eigenvalue weighted by atomic mass is 9.86. The SMILES string of the molecule is CN(C)c1ccc(-c2cccc([C@H]3CCNC[C@@H]3OCc3ccc4ccccc4c3)c2)cc1.Cl. The third-order valence-corrected chi connectivity index (χ3v) is 6.74. The van der Waals surface area contributed by atoms with Crippen LogP contribution in [0.3, 0.4) is 0 Å². The predicted octanol–water partition coefficient (Wildman–Crippen LogP) is 6.66. The molecule has 1 N–H and O–H groups in total. The fourth-order valence-electron chi connectivity index (χ4n) is 4.82. The van der Waals surface area contributed by atoms with E-state index in [1.165, 1.54) is 38.7 Å². The first kappa shape index (κ1) is 24.3. The monoisotopic (exact) mass is 472 g/mol. The highest BCUT2D eigenvalue weighted by molar-refractivity contribution is 5.85. The maximum absolute atomic E-state index is 6.50. The molecule has 34 heavy (non-hydrogen) atoms. The number of hydrogen-bond acceptors (Lipinski definition) is 3. The molecule has 0 unspecified atom stereocenters. The van der Waals surface area contributed by atoms with E-state index in [-0.39, 0.29) is 18.5 Å². The molecule has 2 atom stereocenters. The van der Waals surface area contributed by atoms with Crippen molar-refractivity contribution in [2.45, 2.75) is 25.0 Å². The number of halogens is 1. The molecule has 1 aliphatic rings. The molecule has 0 bridgehead atoms. The summed E-state index contributed by atoms with van der Waals surface area (Å²) in [6, 6.07) is 32.9. The number of benzene rings is 4. The second-order valence-electron chi connectivity index (χ2n) is 9.20. The maximum Gasteiger partial charge on any atom is 0.0772 e. The van der Waals surface area contributed by atoms with Gasteiger partial charge in [-0.05, 0) is 64.2 Å². The van der Waals surface area contributed by atoms with Gasteiger partial charge in [-0.1, -0.05) is 72.8 Å².